The summed E-state index contributed by atoms with van der Waals surface area (Å²) >= 11 is 11.3. The van der Waals surface area contributed by atoms with E-state index < -0.39 is 0 Å². The van der Waals surface area contributed by atoms with Crippen LogP contribution in [0.1, 0.15) is 24.1 Å². The zero-order valence-electron chi connectivity index (χ0n) is 11.1. The van der Waals surface area contributed by atoms with E-state index in [9.17, 15) is 0 Å². The van der Waals surface area contributed by atoms with Crippen LogP contribution in [0, 0.1) is 0 Å². The predicted molar refractivity (Wildman–Crippen MR) is 86.9 cm³/mol. The summed E-state index contributed by atoms with van der Waals surface area (Å²) in [5.41, 5.74) is 2.09. The highest BCUT2D eigenvalue weighted by atomic mass is 35.5. The molecule has 1 fully saturated rings. The second-order valence-corrected chi connectivity index (χ2v) is 6.00. The van der Waals surface area contributed by atoms with Crippen molar-refractivity contribution in [3.63, 3.8) is 0 Å². The van der Waals surface area contributed by atoms with Gasteiger partial charge in [-0.05, 0) is 42.4 Å². The quantitative estimate of drug-likeness (QED) is 0.826. The predicted octanol–water partition coefficient (Wildman–Crippen LogP) is 3.77. The van der Waals surface area contributed by atoms with Crippen molar-refractivity contribution in [2.24, 2.45) is 0 Å². The highest BCUT2D eigenvalue weighted by molar-refractivity contribution is 7.80. The number of nitrogens with one attached hydrogen (secondary N) is 2. The fraction of sp³-hybridized carbons (Fsp3) is 0.188. The van der Waals surface area contributed by atoms with Crippen LogP contribution >= 0.6 is 23.8 Å². The molecule has 1 aliphatic rings. The van der Waals surface area contributed by atoms with E-state index in [0.29, 0.717) is 5.11 Å². The molecule has 0 unspecified atom stereocenters. The molecule has 2 nitrogen and oxygen atoms in total. The minimum Gasteiger partial charge on any atom is -0.353 e. The van der Waals surface area contributed by atoms with E-state index in [1.54, 1.807) is 0 Å². The van der Waals surface area contributed by atoms with Gasteiger partial charge in [0.1, 0.15) is 0 Å². The fourth-order valence-electron chi connectivity index (χ4n) is 2.71. The first-order valence-corrected chi connectivity index (χ1v) is 7.28. The first kappa shape index (κ1) is 13.4. The normalized spacial score (nSPS) is 25.1. The van der Waals surface area contributed by atoms with Crippen molar-refractivity contribution in [2.75, 3.05) is 0 Å². The molecular formula is C16H15ClN2S. The monoisotopic (exact) mass is 302 g/mol. The number of hydrogen-bond acceptors (Lipinski definition) is 1. The summed E-state index contributed by atoms with van der Waals surface area (Å²) in [5.74, 6) is 0. The lowest BCUT2D eigenvalue weighted by atomic mass is 9.82. The van der Waals surface area contributed by atoms with Crippen molar-refractivity contribution in [3.8, 4) is 0 Å². The summed E-state index contributed by atoms with van der Waals surface area (Å²) in [6.07, 6.45) is 0. The lowest BCUT2D eigenvalue weighted by molar-refractivity contribution is 0.379. The lowest BCUT2D eigenvalue weighted by Crippen LogP contribution is -2.38. The zero-order chi connectivity index (χ0) is 14.2. The molecule has 0 spiro atoms. The summed E-state index contributed by atoms with van der Waals surface area (Å²) in [7, 11) is 0. The number of rotatable bonds is 2. The SMILES string of the molecule is C[C@]1(c2ccccc2)NC(=S)N[C@H]1c1ccc(Cl)cc1. The van der Waals surface area contributed by atoms with Crippen LogP contribution < -0.4 is 10.6 Å². The van der Waals surface area contributed by atoms with Gasteiger partial charge in [-0.15, -0.1) is 0 Å². The molecule has 1 aliphatic heterocycles. The molecule has 2 aromatic rings. The van der Waals surface area contributed by atoms with Gasteiger partial charge in [-0.2, -0.15) is 0 Å². The Kier molecular flexibility index (Phi) is 3.40. The highest BCUT2D eigenvalue weighted by Crippen LogP contribution is 2.38. The molecule has 1 heterocycles. The van der Waals surface area contributed by atoms with Crippen molar-refractivity contribution in [2.45, 2.75) is 18.5 Å². The number of halogens is 1. The third-order valence-electron chi connectivity index (χ3n) is 3.80. The molecule has 102 valence electrons. The van der Waals surface area contributed by atoms with Gasteiger partial charge in [-0.1, -0.05) is 54.1 Å². The average molecular weight is 303 g/mol. The maximum absolute atomic E-state index is 5.97. The Morgan fingerprint density at radius 1 is 1.05 bits per heavy atom. The molecule has 4 heteroatoms. The van der Waals surface area contributed by atoms with Crippen LogP contribution in [-0.4, -0.2) is 5.11 Å². The molecule has 0 radical (unpaired) electrons. The summed E-state index contributed by atoms with van der Waals surface area (Å²) < 4.78 is 0. The molecule has 0 aromatic heterocycles. The summed E-state index contributed by atoms with van der Waals surface area (Å²) in [4.78, 5) is 0. The molecule has 0 saturated carbocycles. The maximum atomic E-state index is 5.97. The third-order valence-corrected chi connectivity index (χ3v) is 4.27. The van der Waals surface area contributed by atoms with Gasteiger partial charge in [-0.3, -0.25) is 0 Å². The standard InChI is InChI=1S/C16H15ClN2S/c1-16(12-5-3-2-4-6-12)14(18-15(20)19-16)11-7-9-13(17)10-8-11/h2-10,14H,1H3,(H2,18,19,20)/t14-,16+/m0/s1. The van der Waals surface area contributed by atoms with E-state index in [0.717, 1.165) is 10.6 Å². The second-order valence-electron chi connectivity index (χ2n) is 5.15. The molecule has 1 saturated heterocycles. The molecule has 0 bridgehead atoms. The Morgan fingerprint density at radius 2 is 1.70 bits per heavy atom. The summed E-state index contributed by atoms with van der Waals surface area (Å²) in [6.45, 7) is 2.16. The van der Waals surface area contributed by atoms with Gasteiger partial charge in [0.05, 0.1) is 11.6 Å². The minimum absolute atomic E-state index is 0.0784. The molecule has 2 atom stereocenters. The summed E-state index contributed by atoms with van der Waals surface area (Å²) in [6, 6.07) is 18.3. The molecule has 2 N–H and O–H groups in total. The third kappa shape index (κ3) is 2.28. The van der Waals surface area contributed by atoms with Gasteiger partial charge in [-0.25, -0.2) is 0 Å². The van der Waals surface area contributed by atoms with Crippen LogP contribution in [0.3, 0.4) is 0 Å². The first-order valence-electron chi connectivity index (χ1n) is 6.49. The molecule has 2 aromatic carbocycles. The molecule has 0 aliphatic carbocycles. The molecule has 0 amide bonds. The van der Waals surface area contributed by atoms with Crippen molar-refractivity contribution >= 4 is 28.9 Å². The topological polar surface area (TPSA) is 24.1 Å². The van der Waals surface area contributed by atoms with Crippen LogP contribution in [0.2, 0.25) is 5.02 Å². The average Bonchev–Trinajstić information content (AvgIpc) is 2.77. The Labute approximate surface area is 129 Å². The van der Waals surface area contributed by atoms with E-state index in [-0.39, 0.29) is 11.6 Å². The van der Waals surface area contributed by atoms with Gasteiger partial charge in [0.15, 0.2) is 5.11 Å². The Bertz CT molecular complexity index is 627. The molecule has 3 rings (SSSR count). The number of hydrogen-bond donors (Lipinski definition) is 2. The van der Waals surface area contributed by atoms with Crippen LogP contribution in [0.5, 0.6) is 0 Å². The zero-order valence-corrected chi connectivity index (χ0v) is 12.6. The largest absolute Gasteiger partial charge is 0.353 e. The fourth-order valence-corrected chi connectivity index (χ4v) is 3.17. The van der Waals surface area contributed by atoms with Gasteiger partial charge in [0.25, 0.3) is 0 Å². The van der Waals surface area contributed by atoms with Gasteiger partial charge in [0.2, 0.25) is 0 Å². The van der Waals surface area contributed by atoms with E-state index >= 15 is 0 Å². The minimum atomic E-state index is -0.272. The second kappa shape index (κ2) is 5.08. The Hall–Kier alpha value is -1.58. The van der Waals surface area contributed by atoms with Gasteiger partial charge < -0.3 is 10.6 Å². The van der Waals surface area contributed by atoms with Crippen molar-refractivity contribution in [1.82, 2.24) is 10.6 Å². The van der Waals surface area contributed by atoms with E-state index in [2.05, 4.69) is 29.7 Å². The molecule has 20 heavy (non-hydrogen) atoms. The highest BCUT2D eigenvalue weighted by Gasteiger charge is 2.43. The van der Waals surface area contributed by atoms with E-state index in [1.807, 2.05) is 42.5 Å². The Morgan fingerprint density at radius 3 is 2.35 bits per heavy atom. The first-order chi connectivity index (χ1) is 9.59. The maximum Gasteiger partial charge on any atom is 0.167 e. The summed E-state index contributed by atoms with van der Waals surface area (Å²) in [5, 5.41) is 8.17. The lowest BCUT2D eigenvalue weighted by Gasteiger charge is -2.31. The van der Waals surface area contributed by atoms with Crippen molar-refractivity contribution in [1.29, 1.82) is 0 Å². The van der Waals surface area contributed by atoms with Crippen molar-refractivity contribution in [3.05, 3.63) is 70.7 Å². The number of benzene rings is 2. The van der Waals surface area contributed by atoms with E-state index in [1.165, 1.54) is 5.56 Å². The van der Waals surface area contributed by atoms with Crippen LogP contribution in [0.15, 0.2) is 54.6 Å². The van der Waals surface area contributed by atoms with Crippen LogP contribution in [0.25, 0.3) is 0 Å². The number of thiocarbonyl (C=S) groups is 1. The molecular weight excluding hydrogens is 288 g/mol. The van der Waals surface area contributed by atoms with Gasteiger partial charge >= 0.3 is 0 Å². The Balaban J connectivity index is 2.04. The van der Waals surface area contributed by atoms with Crippen LogP contribution in [0.4, 0.5) is 0 Å². The smallest absolute Gasteiger partial charge is 0.167 e. The van der Waals surface area contributed by atoms with Crippen LogP contribution in [-0.2, 0) is 5.54 Å². The van der Waals surface area contributed by atoms with Crippen molar-refractivity contribution < 1.29 is 0 Å². The van der Waals surface area contributed by atoms with E-state index in [4.69, 9.17) is 23.8 Å². The van der Waals surface area contributed by atoms with Gasteiger partial charge in [0, 0.05) is 5.02 Å².